The lowest BCUT2D eigenvalue weighted by atomic mass is 10.0. The predicted molar refractivity (Wildman–Crippen MR) is 105 cm³/mol. The number of nitrogens with one attached hydrogen (secondary N) is 1. The molecule has 0 spiro atoms. The summed E-state index contributed by atoms with van der Waals surface area (Å²) in [5.41, 5.74) is 1.87. The molecule has 7 nitrogen and oxygen atoms in total. The van der Waals surface area contributed by atoms with Crippen LogP contribution in [-0.2, 0) is 23.1 Å². The van der Waals surface area contributed by atoms with Gasteiger partial charge in [-0.1, -0.05) is 12.1 Å². The van der Waals surface area contributed by atoms with Crippen molar-refractivity contribution in [3.05, 3.63) is 65.1 Å². The second-order valence-electron chi connectivity index (χ2n) is 7.03. The first kappa shape index (κ1) is 19.1. The number of pyridine rings is 1. The van der Waals surface area contributed by atoms with Gasteiger partial charge >= 0.3 is 0 Å². The van der Waals surface area contributed by atoms with Crippen LogP contribution in [0.3, 0.4) is 0 Å². The van der Waals surface area contributed by atoms with E-state index in [0.717, 1.165) is 16.1 Å². The van der Waals surface area contributed by atoms with Gasteiger partial charge in [-0.25, -0.2) is 17.8 Å². The highest BCUT2D eigenvalue weighted by molar-refractivity contribution is 7.92. The molecule has 0 saturated heterocycles. The molecule has 1 amide bonds. The van der Waals surface area contributed by atoms with Gasteiger partial charge in [-0.05, 0) is 23.8 Å². The molecule has 2 heterocycles. The zero-order chi connectivity index (χ0) is 20.9. The predicted octanol–water partition coefficient (Wildman–Crippen LogP) is 2.05. The number of sulfonamides is 1. The highest BCUT2D eigenvalue weighted by Crippen LogP contribution is 2.43. The molecule has 3 aromatic rings. The summed E-state index contributed by atoms with van der Waals surface area (Å²) < 4.78 is 38.8. The van der Waals surface area contributed by atoms with Crippen molar-refractivity contribution in [2.45, 2.75) is 13.1 Å². The van der Waals surface area contributed by atoms with Gasteiger partial charge in [0.2, 0.25) is 15.8 Å². The van der Waals surface area contributed by atoms with Crippen LogP contribution in [0.15, 0.2) is 42.6 Å². The molecule has 0 atom stereocenters. The number of aromatic hydroxyl groups is 1. The molecule has 0 unspecified atom stereocenters. The van der Waals surface area contributed by atoms with Crippen molar-refractivity contribution in [2.75, 3.05) is 17.6 Å². The van der Waals surface area contributed by atoms with Crippen molar-refractivity contribution in [3.63, 3.8) is 0 Å². The fourth-order valence-electron chi connectivity index (χ4n) is 3.65. The topological polar surface area (TPSA) is 92.1 Å². The molecule has 2 N–H and O–H groups in total. The molecule has 0 saturated carbocycles. The number of benzene rings is 2. The van der Waals surface area contributed by atoms with Crippen LogP contribution in [0.5, 0.6) is 5.75 Å². The number of fused-ring (bicyclic) bond motifs is 2. The third-order valence-corrected chi connectivity index (χ3v) is 6.30. The van der Waals surface area contributed by atoms with Crippen LogP contribution in [0.2, 0.25) is 0 Å². The van der Waals surface area contributed by atoms with E-state index in [-0.39, 0.29) is 35.7 Å². The molecule has 0 radical (unpaired) electrons. The average Bonchev–Trinajstić information content (AvgIpc) is 2.99. The van der Waals surface area contributed by atoms with Crippen LogP contribution in [0.1, 0.15) is 21.5 Å². The molecule has 0 aliphatic carbocycles. The van der Waals surface area contributed by atoms with Gasteiger partial charge in [-0.3, -0.25) is 9.10 Å². The lowest BCUT2D eigenvalue weighted by molar-refractivity contribution is -0.345. The van der Waals surface area contributed by atoms with Crippen LogP contribution in [0.25, 0.3) is 10.9 Å². The third kappa shape index (κ3) is 3.17. The summed E-state index contributed by atoms with van der Waals surface area (Å²) in [6, 6.07) is 9.18. The molecule has 9 heteroatoms. The molecule has 1 aromatic heterocycles. The smallest absolute Gasteiger partial charge is 0.258 e. The molecule has 0 fully saturated rings. The lowest BCUT2D eigenvalue weighted by Gasteiger charge is -2.21. The van der Waals surface area contributed by atoms with Crippen LogP contribution in [-0.4, -0.2) is 37.6 Å². The maximum atomic E-state index is 13.2. The first-order valence-corrected chi connectivity index (χ1v) is 10.7. The minimum atomic E-state index is -3.61. The second kappa shape index (κ2) is 6.70. The molecule has 4 rings (SSSR count). The number of hydrogen-bond donors (Lipinski definition) is 1. The van der Waals surface area contributed by atoms with Gasteiger partial charge in [-0.2, -0.15) is 0 Å². The Morgan fingerprint density at radius 3 is 2.59 bits per heavy atom. The Hall–Kier alpha value is -3.20. The van der Waals surface area contributed by atoms with Gasteiger partial charge in [0.25, 0.3) is 11.4 Å². The average molecular weight is 416 g/mol. The first-order chi connectivity index (χ1) is 13.7. The van der Waals surface area contributed by atoms with E-state index in [9.17, 15) is 22.7 Å². The Bertz CT molecular complexity index is 1240. The summed E-state index contributed by atoms with van der Waals surface area (Å²) in [5, 5.41) is 11.3. The van der Waals surface area contributed by atoms with Gasteiger partial charge in [-0.15, -0.1) is 0 Å². The van der Waals surface area contributed by atoms with E-state index >= 15 is 0 Å². The van der Waals surface area contributed by atoms with Crippen molar-refractivity contribution in [3.8, 4) is 5.75 Å². The Morgan fingerprint density at radius 2 is 1.93 bits per heavy atom. The largest absolute Gasteiger partial charge is 0.502 e. The number of phenolic OH excluding ortho intramolecular Hbond substituents is 1. The van der Waals surface area contributed by atoms with Gasteiger partial charge in [0.15, 0.2) is 6.20 Å². The number of nitrogens with zero attached hydrogens (tertiary/aromatic N) is 2. The molecule has 2 aromatic carbocycles. The minimum absolute atomic E-state index is 0.0764. The molecule has 150 valence electrons. The molecular formula is C20H19FN3O4S+. The van der Waals surface area contributed by atoms with Crippen LogP contribution >= 0.6 is 0 Å². The highest BCUT2D eigenvalue weighted by Gasteiger charge is 2.38. The standard InChI is InChI=1S/C20H18FN3O4S/c1-23(29(2,27)28)18-14-4-3-9-22-17(14)19(25)16-15(18)11-24(20(16)26)10-12-5-7-13(21)8-6-12/h3-9,25H,10-11H2,1-2H3/p+1. The van der Waals surface area contributed by atoms with E-state index in [1.54, 1.807) is 30.5 Å². The van der Waals surface area contributed by atoms with Crippen molar-refractivity contribution in [1.29, 1.82) is 0 Å². The number of halogens is 1. The summed E-state index contributed by atoms with van der Waals surface area (Å²) in [6.07, 6.45) is 2.67. The fourth-order valence-corrected chi connectivity index (χ4v) is 4.19. The van der Waals surface area contributed by atoms with Gasteiger partial charge in [0.05, 0.1) is 22.9 Å². The van der Waals surface area contributed by atoms with Crippen LogP contribution in [0.4, 0.5) is 10.1 Å². The number of aromatic amines is 1. The maximum absolute atomic E-state index is 13.2. The highest BCUT2D eigenvalue weighted by atomic mass is 32.2. The maximum Gasteiger partial charge on any atom is 0.258 e. The van der Waals surface area contributed by atoms with Crippen molar-refractivity contribution in [2.24, 2.45) is 0 Å². The Kier molecular flexibility index (Phi) is 4.42. The lowest BCUT2D eigenvalue weighted by Crippen LogP contribution is -2.27. The van der Waals surface area contributed by atoms with E-state index in [1.165, 1.54) is 24.1 Å². The molecule has 1 aliphatic heterocycles. The molecular weight excluding hydrogens is 397 g/mol. The normalized spacial score (nSPS) is 13.8. The summed E-state index contributed by atoms with van der Waals surface area (Å²) in [6.45, 7) is 0.328. The van der Waals surface area contributed by atoms with E-state index in [2.05, 4.69) is 4.98 Å². The quantitative estimate of drug-likeness (QED) is 0.705. The third-order valence-electron chi connectivity index (χ3n) is 5.12. The van der Waals surface area contributed by atoms with Crippen LogP contribution in [0, 0.1) is 5.82 Å². The zero-order valence-corrected chi connectivity index (χ0v) is 16.6. The SMILES string of the molecule is CN(c1c2c(c(O)c3[nH+]cccc13)C(=O)N(Cc1ccc(F)cc1)C2)S(C)(=O)=O. The molecule has 1 aliphatic rings. The number of carbonyl (C=O) groups excluding carboxylic acids is 1. The van der Waals surface area contributed by atoms with Crippen molar-refractivity contribution < 1.29 is 27.7 Å². The second-order valence-corrected chi connectivity index (χ2v) is 9.04. The molecule has 29 heavy (non-hydrogen) atoms. The Balaban J connectivity index is 1.88. The number of amides is 1. The van der Waals surface area contributed by atoms with E-state index in [4.69, 9.17) is 0 Å². The Morgan fingerprint density at radius 1 is 1.24 bits per heavy atom. The van der Waals surface area contributed by atoms with E-state index in [1.807, 2.05) is 0 Å². The summed E-state index contributed by atoms with van der Waals surface area (Å²) in [5.74, 6) is -1.00. The number of H-pyrrole nitrogens is 1. The minimum Gasteiger partial charge on any atom is -0.502 e. The number of aromatic nitrogens is 1. The van der Waals surface area contributed by atoms with Gasteiger partial charge in [0, 0.05) is 31.8 Å². The van der Waals surface area contributed by atoms with Crippen molar-refractivity contribution >= 4 is 32.5 Å². The number of carbonyl (C=O) groups is 1. The zero-order valence-electron chi connectivity index (χ0n) is 15.8. The van der Waals surface area contributed by atoms with E-state index in [0.29, 0.717) is 16.6 Å². The van der Waals surface area contributed by atoms with Gasteiger partial charge < -0.3 is 10.0 Å². The first-order valence-electron chi connectivity index (χ1n) is 8.84. The molecule has 0 bridgehead atoms. The number of phenols is 1. The Labute approximate surface area is 167 Å². The van der Waals surface area contributed by atoms with Crippen LogP contribution < -0.4 is 9.29 Å². The number of anilines is 1. The summed E-state index contributed by atoms with van der Waals surface area (Å²) >= 11 is 0. The summed E-state index contributed by atoms with van der Waals surface area (Å²) in [4.78, 5) is 17.5. The number of rotatable bonds is 4. The van der Waals surface area contributed by atoms with Crippen molar-refractivity contribution in [1.82, 2.24) is 4.90 Å². The van der Waals surface area contributed by atoms with Gasteiger partial charge in [0.1, 0.15) is 5.82 Å². The monoisotopic (exact) mass is 416 g/mol. The fraction of sp³-hybridized carbons (Fsp3) is 0.200. The number of hydrogen-bond acceptors (Lipinski definition) is 4. The summed E-state index contributed by atoms with van der Waals surface area (Å²) in [7, 11) is -2.20. The van der Waals surface area contributed by atoms with E-state index < -0.39 is 15.9 Å².